The highest BCUT2D eigenvalue weighted by Gasteiger charge is 2.31. The number of hydrogen-bond acceptors (Lipinski definition) is 3. The molecule has 0 fully saturated rings. The normalized spacial score (nSPS) is 17.1. The fourth-order valence-corrected chi connectivity index (χ4v) is 3.38. The summed E-state index contributed by atoms with van der Waals surface area (Å²) in [4.78, 5) is 31.3. The van der Waals surface area contributed by atoms with Gasteiger partial charge in [-0.1, -0.05) is 43.7 Å². The Hall–Kier alpha value is -3.22. The van der Waals surface area contributed by atoms with E-state index in [4.69, 9.17) is 0 Å². The second-order valence-corrected chi connectivity index (χ2v) is 7.08. The van der Waals surface area contributed by atoms with Gasteiger partial charge in [0.2, 0.25) is 6.17 Å². The van der Waals surface area contributed by atoms with Gasteiger partial charge >= 0.3 is 6.03 Å². The lowest BCUT2D eigenvalue weighted by Gasteiger charge is -2.21. The van der Waals surface area contributed by atoms with E-state index in [1.165, 1.54) is 11.0 Å². The van der Waals surface area contributed by atoms with Gasteiger partial charge in [-0.2, -0.15) is 0 Å². The van der Waals surface area contributed by atoms with Crippen LogP contribution in [0, 0.1) is 5.82 Å². The second-order valence-electron chi connectivity index (χ2n) is 7.08. The van der Waals surface area contributed by atoms with Crippen LogP contribution in [0.5, 0.6) is 0 Å². The monoisotopic (exact) mass is 396 g/mol. The highest BCUT2D eigenvalue weighted by Crippen LogP contribution is 2.27. The Kier molecular flexibility index (Phi) is 6.26. The maximum atomic E-state index is 14.6. The Morgan fingerprint density at radius 3 is 2.52 bits per heavy atom. The van der Waals surface area contributed by atoms with Crippen molar-refractivity contribution in [1.82, 2.24) is 10.6 Å². The first-order valence-electron chi connectivity index (χ1n) is 9.69. The van der Waals surface area contributed by atoms with E-state index in [2.05, 4.69) is 15.6 Å². The molecular formula is C22H25FN4O2. The molecule has 152 valence electrons. The minimum atomic E-state index is -1.17. The van der Waals surface area contributed by atoms with Crippen molar-refractivity contribution in [3.05, 3.63) is 65.5 Å². The summed E-state index contributed by atoms with van der Waals surface area (Å²) in [6.45, 7) is 3.93. The third kappa shape index (κ3) is 4.45. The molecule has 0 spiro atoms. The summed E-state index contributed by atoms with van der Waals surface area (Å²) >= 11 is 0. The number of anilines is 1. The van der Waals surface area contributed by atoms with Gasteiger partial charge in [0.05, 0.1) is 11.4 Å². The minimum Gasteiger partial charge on any atom is -0.336 e. The molecule has 7 heteroatoms. The number of fused-ring (bicyclic) bond motifs is 1. The Labute approximate surface area is 169 Å². The van der Waals surface area contributed by atoms with Gasteiger partial charge in [0.1, 0.15) is 5.82 Å². The standard InChI is InChI=1S/C22H25FN4O2/c1-4-9-14(2)24-22(29)26-20-21(28)27(3)18-13-8-6-11-16(18)19(25-20)15-10-5-7-12-17(15)23/h5-8,10-14,20H,4,9H2,1-3H3,(H2,24,26,29). The van der Waals surface area contributed by atoms with Crippen LogP contribution in [0.4, 0.5) is 14.9 Å². The van der Waals surface area contributed by atoms with E-state index in [0.29, 0.717) is 17.0 Å². The maximum Gasteiger partial charge on any atom is 0.317 e. The fourth-order valence-electron chi connectivity index (χ4n) is 3.38. The average Bonchev–Trinajstić information content (AvgIpc) is 2.79. The van der Waals surface area contributed by atoms with E-state index >= 15 is 0 Å². The van der Waals surface area contributed by atoms with Gasteiger partial charge in [0.15, 0.2) is 0 Å². The zero-order valence-corrected chi connectivity index (χ0v) is 16.8. The number of likely N-dealkylation sites (N-methyl/N-ethyl adjacent to an activating group) is 1. The van der Waals surface area contributed by atoms with Gasteiger partial charge in [0.25, 0.3) is 5.91 Å². The van der Waals surface area contributed by atoms with E-state index < -0.39 is 23.9 Å². The van der Waals surface area contributed by atoms with E-state index in [0.717, 1.165) is 12.8 Å². The number of rotatable bonds is 5. The van der Waals surface area contributed by atoms with Crippen molar-refractivity contribution in [1.29, 1.82) is 0 Å². The van der Waals surface area contributed by atoms with E-state index in [-0.39, 0.29) is 11.6 Å². The molecule has 29 heavy (non-hydrogen) atoms. The van der Waals surface area contributed by atoms with Crippen LogP contribution in [-0.4, -0.2) is 36.9 Å². The molecule has 0 aromatic heterocycles. The molecule has 3 amide bonds. The molecule has 0 bridgehead atoms. The summed E-state index contributed by atoms with van der Waals surface area (Å²) in [5.41, 5.74) is 1.82. The predicted molar refractivity (Wildman–Crippen MR) is 112 cm³/mol. The summed E-state index contributed by atoms with van der Waals surface area (Å²) < 4.78 is 14.6. The molecule has 0 saturated heterocycles. The highest BCUT2D eigenvalue weighted by molar-refractivity contribution is 6.20. The number of nitrogens with zero attached hydrogens (tertiary/aromatic N) is 2. The van der Waals surface area contributed by atoms with Crippen LogP contribution in [0.2, 0.25) is 0 Å². The molecule has 2 aromatic rings. The van der Waals surface area contributed by atoms with Crippen molar-refractivity contribution in [2.75, 3.05) is 11.9 Å². The topological polar surface area (TPSA) is 73.8 Å². The molecular weight excluding hydrogens is 371 g/mol. The number of halogens is 1. The quantitative estimate of drug-likeness (QED) is 0.812. The van der Waals surface area contributed by atoms with Crippen LogP contribution < -0.4 is 15.5 Å². The Balaban J connectivity index is 2.02. The summed E-state index contributed by atoms with van der Waals surface area (Å²) in [5, 5.41) is 5.44. The third-order valence-electron chi connectivity index (χ3n) is 4.84. The number of carbonyl (C=O) groups excluding carboxylic acids is 2. The SMILES string of the molecule is CCCC(C)NC(=O)NC1N=C(c2ccccc2F)c2ccccc2N(C)C1=O. The number of carbonyl (C=O) groups is 2. The van der Waals surface area contributed by atoms with Crippen molar-refractivity contribution in [3.63, 3.8) is 0 Å². The summed E-state index contributed by atoms with van der Waals surface area (Å²) in [6, 6.07) is 12.9. The number of benzene rings is 2. The van der Waals surface area contributed by atoms with Gasteiger partial charge < -0.3 is 15.5 Å². The predicted octanol–water partition coefficient (Wildman–Crippen LogP) is 3.45. The maximum absolute atomic E-state index is 14.6. The first-order valence-corrected chi connectivity index (χ1v) is 9.69. The summed E-state index contributed by atoms with van der Waals surface area (Å²) in [6.07, 6.45) is 0.578. The number of urea groups is 1. The second kappa shape index (κ2) is 8.86. The number of aliphatic imine (C=N–C) groups is 1. The average molecular weight is 396 g/mol. The van der Waals surface area contributed by atoms with Crippen LogP contribution >= 0.6 is 0 Å². The van der Waals surface area contributed by atoms with E-state index in [1.54, 1.807) is 49.5 Å². The molecule has 0 saturated carbocycles. The van der Waals surface area contributed by atoms with Crippen LogP contribution in [0.1, 0.15) is 37.8 Å². The first-order chi connectivity index (χ1) is 13.9. The minimum absolute atomic E-state index is 0.0363. The molecule has 6 nitrogen and oxygen atoms in total. The van der Waals surface area contributed by atoms with Crippen LogP contribution in [-0.2, 0) is 4.79 Å². The molecule has 2 N–H and O–H groups in total. The van der Waals surface area contributed by atoms with Crippen molar-refractivity contribution in [2.45, 2.75) is 38.9 Å². The Bertz CT molecular complexity index is 944. The summed E-state index contributed by atoms with van der Waals surface area (Å²) in [5.74, 6) is -0.847. The molecule has 2 unspecified atom stereocenters. The number of para-hydroxylation sites is 1. The van der Waals surface area contributed by atoms with E-state index in [9.17, 15) is 14.0 Å². The number of hydrogen-bond donors (Lipinski definition) is 2. The lowest BCUT2D eigenvalue weighted by Crippen LogP contribution is -2.51. The number of nitrogens with one attached hydrogen (secondary N) is 2. The highest BCUT2D eigenvalue weighted by atomic mass is 19.1. The van der Waals surface area contributed by atoms with Gasteiger partial charge in [0, 0.05) is 24.2 Å². The zero-order chi connectivity index (χ0) is 21.0. The molecule has 2 aromatic carbocycles. The zero-order valence-electron chi connectivity index (χ0n) is 16.8. The van der Waals surface area contributed by atoms with Crippen LogP contribution in [0.25, 0.3) is 0 Å². The number of amides is 3. The summed E-state index contributed by atoms with van der Waals surface area (Å²) in [7, 11) is 1.62. The lowest BCUT2D eigenvalue weighted by molar-refractivity contribution is -0.119. The molecule has 2 atom stereocenters. The first kappa shape index (κ1) is 20.5. The molecule has 1 aliphatic heterocycles. The Morgan fingerprint density at radius 2 is 1.83 bits per heavy atom. The lowest BCUT2D eigenvalue weighted by atomic mass is 10.00. The van der Waals surface area contributed by atoms with Gasteiger partial charge in [-0.05, 0) is 31.5 Å². The van der Waals surface area contributed by atoms with Crippen molar-refractivity contribution in [3.8, 4) is 0 Å². The van der Waals surface area contributed by atoms with Crippen LogP contribution in [0.3, 0.4) is 0 Å². The van der Waals surface area contributed by atoms with Crippen molar-refractivity contribution < 1.29 is 14.0 Å². The van der Waals surface area contributed by atoms with Gasteiger partial charge in [-0.3, -0.25) is 4.79 Å². The number of benzodiazepines with no additional fused rings is 1. The van der Waals surface area contributed by atoms with Crippen LogP contribution in [0.15, 0.2) is 53.5 Å². The molecule has 1 aliphatic rings. The van der Waals surface area contributed by atoms with Crippen molar-refractivity contribution >= 4 is 23.3 Å². The Morgan fingerprint density at radius 1 is 1.17 bits per heavy atom. The molecule has 0 radical (unpaired) electrons. The van der Waals surface area contributed by atoms with Gasteiger partial charge in [-0.15, -0.1) is 0 Å². The molecule has 0 aliphatic carbocycles. The van der Waals surface area contributed by atoms with Crippen molar-refractivity contribution in [2.24, 2.45) is 4.99 Å². The third-order valence-corrected chi connectivity index (χ3v) is 4.84. The smallest absolute Gasteiger partial charge is 0.317 e. The van der Waals surface area contributed by atoms with Gasteiger partial charge in [-0.25, -0.2) is 14.2 Å². The largest absolute Gasteiger partial charge is 0.336 e. The fraction of sp³-hybridized carbons (Fsp3) is 0.318. The van der Waals surface area contributed by atoms with E-state index in [1.807, 2.05) is 13.8 Å². The molecule has 1 heterocycles. The molecule has 3 rings (SSSR count).